The molecule has 1 aromatic rings. The van der Waals surface area contributed by atoms with Crippen molar-refractivity contribution in [1.82, 2.24) is 4.90 Å². The number of ether oxygens (including phenoxy) is 4. The molecule has 1 atom stereocenters. The summed E-state index contributed by atoms with van der Waals surface area (Å²) in [5, 5.41) is 0. The average Bonchev–Trinajstić information content (AvgIpc) is 2.58. The summed E-state index contributed by atoms with van der Waals surface area (Å²) >= 11 is 0. The summed E-state index contributed by atoms with van der Waals surface area (Å²) in [4.78, 5) is 14.7. The summed E-state index contributed by atoms with van der Waals surface area (Å²) in [6.45, 7) is 7.67. The number of benzene rings is 1. The second-order valence-corrected chi connectivity index (χ2v) is 6.71. The molecular weight excluding hydrogens is 310 g/mol. The molecule has 0 saturated carbocycles. The highest BCUT2D eigenvalue weighted by atomic mass is 16.6. The minimum Gasteiger partial charge on any atom is -0.497 e. The fourth-order valence-corrected chi connectivity index (χ4v) is 2.63. The van der Waals surface area contributed by atoms with Gasteiger partial charge in [-0.2, -0.15) is 0 Å². The van der Waals surface area contributed by atoms with Crippen LogP contribution in [0, 0.1) is 0 Å². The van der Waals surface area contributed by atoms with Crippen LogP contribution in [0.3, 0.4) is 0 Å². The van der Waals surface area contributed by atoms with E-state index in [4.69, 9.17) is 18.9 Å². The summed E-state index contributed by atoms with van der Waals surface area (Å²) in [5.41, 5.74) is 0.517. The van der Waals surface area contributed by atoms with Crippen molar-refractivity contribution in [3.05, 3.63) is 23.8 Å². The Morgan fingerprint density at radius 2 is 2.00 bits per heavy atom. The molecule has 2 rings (SSSR count). The van der Waals surface area contributed by atoms with Gasteiger partial charge in [0.25, 0.3) is 5.91 Å². The Hall–Kier alpha value is -1.79. The summed E-state index contributed by atoms with van der Waals surface area (Å²) in [6, 6.07) is 5.58. The van der Waals surface area contributed by atoms with Gasteiger partial charge >= 0.3 is 0 Å². The van der Waals surface area contributed by atoms with E-state index in [9.17, 15) is 4.79 Å². The summed E-state index contributed by atoms with van der Waals surface area (Å²) in [6.07, 6.45) is -0.561. The third kappa shape index (κ3) is 4.39. The molecule has 0 radical (unpaired) electrons. The van der Waals surface area contributed by atoms with Crippen molar-refractivity contribution in [1.29, 1.82) is 0 Å². The van der Waals surface area contributed by atoms with Gasteiger partial charge in [0, 0.05) is 11.1 Å². The predicted octanol–water partition coefficient (Wildman–Crippen LogP) is 2.25. The lowest BCUT2D eigenvalue weighted by molar-refractivity contribution is -0.163. The molecule has 1 amide bonds. The zero-order valence-electron chi connectivity index (χ0n) is 15.1. The highest BCUT2D eigenvalue weighted by molar-refractivity contribution is 5.82. The van der Waals surface area contributed by atoms with E-state index in [-0.39, 0.29) is 11.4 Å². The zero-order valence-corrected chi connectivity index (χ0v) is 15.1. The third-order valence-electron chi connectivity index (χ3n) is 3.98. The van der Waals surface area contributed by atoms with Gasteiger partial charge in [-0.05, 0) is 39.0 Å². The molecule has 0 aliphatic carbocycles. The number of hydrogen-bond donors (Lipinski definition) is 0. The molecule has 0 unspecified atom stereocenters. The van der Waals surface area contributed by atoms with Gasteiger partial charge < -0.3 is 23.8 Å². The van der Waals surface area contributed by atoms with Crippen molar-refractivity contribution in [2.75, 3.05) is 34.0 Å². The third-order valence-corrected chi connectivity index (χ3v) is 3.98. The fourth-order valence-electron chi connectivity index (χ4n) is 2.63. The van der Waals surface area contributed by atoms with Crippen LogP contribution in [-0.2, 0) is 20.8 Å². The number of hydrogen-bond acceptors (Lipinski definition) is 5. The molecule has 0 spiro atoms. The first-order valence-corrected chi connectivity index (χ1v) is 8.08. The lowest BCUT2D eigenvalue weighted by Crippen LogP contribution is -2.52. The van der Waals surface area contributed by atoms with Crippen LogP contribution in [0.25, 0.3) is 0 Å². The average molecular weight is 337 g/mol. The van der Waals surface area contributed by atoms with E-state index in [0.717, 1.165) is 17.1 Å². The van der Waals surface area contributed by atoms with Crippen molar-refractivity contribution in [3.8, 4) is 11.5 Å². The molecule has 0 bridgehead atoms. The number of carbonyl (C=O) groups is 1. The van der Waals surface area contributed by atoms with Crippen LogP contribution >= 0.6 is 0 Å². The molecular formula is C18H27NO5. The Balaban J connectivity index is 2.27. The SMILES string of the molecule is COc1ccc(OC)c(CN(C(=O)[C@@H]2COCCO2)C(C)(C)C)c1. The van der Waals surface area contributed by atoms with Crippen LogP contribution in [0.5, 0.6) is 11.5 Å². The van der Waals surface area contributed by atoms with Gasteiger partial charge in [-0.1, -0.05) is 0 Å². The highest BCUT2D eigenvalue weighted by Crippen LogP contribution is 2.28. The van der Waals surface area contributed by atoms with Gasteiger partial charge in [0.15, 0.2) is 6.10 Å². The number of amides is 1. The quantitative estimate of drug-likeness (QED) is 0.825. The number of carbonyl (C=O) groups excluding carboxylic acids is 1. The smallest absolute Gasteiger partial charge is 0.254 e. The van der Waals surface area contributed by atoms with E-state index in [2.05, 4.69) is 0 Å². The molecule has 0 N–H and O–H groups in total. The van der Waals surface area contributed by atoms with Crippen molar-refractivity contribution in [2.45, 2.75) is 39.0 Å². The lowest BCUT2D eigenvalue weighted by atomic mass is 10.0. The van der Waals surface area contributed by atoms with E-state index in [1.807, 2.05) is 39.0 Å². The maximum absolute atomic E-state index is 13.0. The Morgan fingerprint density at radius 3 is 2.54 bits per heavy atom. The number of rotatable bonds is 5. The molecule has 1 fully saturated rings. The maximum Gasteiger partial charge on any atom is 0.254 e. The Kier molecular flexibility index (Phi) is 6.07. The predicted molar refractivity (Wildman–Crippen MR) is 90.4 cm³/mol. The molecule has 0 aromatic heterocycles. The second-order valence-electron chi connectivity index (χ2n) is 6.71. The first kappa shape index (κ1) is 18.5. The highest BCUT2D eigenvalue weighted by Gasteiger charge is 2.34. The Labute approximate surface area is 143 Å². The van der Waals surface area contributed by atoms with Crippen molar-refractivity contribution in [3.63, 3.8) is 0 Å². The topological polar surface area (TPSA) is 57.2 Å². The maximum atomic E-state index is 13.0. The minimum atomic E-state index is -0.561. The number of nitrogens with zero attached hydrogens (tertiary/aromatic N) is 1. The summed E-state index contributed by atoms with van der Waals surface area (Å²) in [7, 11) is 3.23. The van der Waals surface area contributed by atoms with Crippen molar-refractivity contribution >= 4 is 5.91 Å². The summed E-state index contributed by atoms with van der Waals surface area (Å²) < 4.78 is 21.7. The minimum absolute atomic E-state index is 0.0768. The van der Waals surface area contributed by atoms with Crippen molar-refractivity contribution in [2.24, 2.45) is 0 Å². The van der Waals surface area contributed by atoms with Crippen LogP contribution in [0.4, 0.5) is 0 Å². The molecule has 1 aliphatic rings. The van der Waals surface area contributed by atoms with E-state index >= 15 is 0 Å². The second kappa shape index (κ2) is 7.85. The first-order chi connectivity index (χ1) is 11.4. The summed E-state index contributed by atoms with van der Waals surface area (Å²) in [5.74, 6) is 1.37. The molecule has 1 aromatic carbocycles. The lowest BCUT2D eigenvalue weighted by Gasteiger charge is -2.39. The van der Waals surface area contributed by atoms with Gasteiger partial charge in [0.2, 0.25) is 0 Å². The van der Waals surface area contributed by atoms with Crippen molar-refractivity contribution < 1.29 is 23.7 Å². The van der Waals surface area contributed by atoms with E-state index in [0.29, 0.717) is 26.4 Å². The van der Waals surface area contributed by atoms with Crippen LogP contribution in [0.15, 0.2) is 18.2 Å². The monoisotopic (exact) mass is 337 g/mol. The van der Waals surface area contributed by atoms with E-state index in [1.165, 1.54) is 0 Å². The zero-order chi connectivity index (χ0) is 17.7. The Morgan fingerprint density at radius 1 is 1.25 bits per heavy atom. The van der Waals surface area contributed by atoms with Gasteiger partial charge in [-0.15, -0.1) is 0 Å². The molecule has 134 valence electrons. The molecule has 1 aliphatic heterocycles. The van der Waals surface area contributed by atoms with Crippen LogP contribution < -0.4 is 9.47 Å². The van der Waals surface area contributed by atoms with Gasteiger partial charge in [-0.25, -0.2) is 0 Å². The Bertz CT molecular complexity index is 561. The molecule has 6 heteroatoms. The van der Waals surface area contributed by atoms with Gasteiger partial charge in [0.1, 0.15) is 11.5 Å². The largest absolute Gasteiger partial charge is 0.497 e. The molecule has 1 heterocycles. The molecule has 6 nitrogen and oxygen atoms in total. The van der Waals surface area contributed by atoms with Gasteiger partial charge in [-0.3, -0.25) is 4.79 Å². The van der Waals surface area contributed by atoms with Crippen LogP contribution in [-0.4, -0.2) is 56.5 Å². The molecule has 1 saturated heterocycles. The van der Waals surface area contributed by atoms with E-state index < -0.39 is 6.10 Å². The van der Waals surface area contributed by atoms with Crippen LogP contribution in [0.1, 0.15) is 26.3 Å². The fraction of sp³-hybridized carbons (Fsp3) is 0.611. The normalized spacial score (nSPS) is 18.1. The van der Waals surface area contributed by atoms with Gasteiger partial charge in [0.05, 0.1) is 40.6 Å². The first-order valence-electron chi connectivity index (χ1n) is 8.08. The number of methoxy groups -OCH3 is 2. The standard InChI is InChI=1S/C18H27NO5/c1-18(2,3)19(17(20)16-12-23-8-9-24-16)11-13-10-14(21-4)6-7-15(13)22-5/h6-7,10,16H,8-9,11-12H2,1-5H3/t16-/m0/s1. The van der Waals surface area contributed by atoms with Crippen LogP contribution in [0.2, 0.25) is 0 Å². The molecule has 24 heavy (non-hydrogen) atoms. The van der Waals surface area contributed by atoms with E-state index in [1.54, 1.807) is 19.1 Å².